The van der Waals surface area contributed by atoms with Gasteiger partial charge < -0.3 is 4.90 Å². The molecular weight excluding hydrogens is 222 g/mol. The molecule has 0 saturated carbocycles. The van der Waals surface area contributed by atoms with Gasteiger partial charge in [0.1, 0.15) is 0 Å². The molecule has 0 bridgehead atoms. The number of hydrogen-bond donors (Lipinski definition) is 0. The molecule has 0 aliphatic heterocycles. The summed E-state index contributed by atoms with van der Waals surface area (Å²) < 4.78 is 0. The van der Waals surface area contributed by atoms with Crippen molar-refractivity contribution in [1.82, 2.24) is 9.88 Å². The van der Waals surface area contributed by atoms with Crippen LogP contribution in [0.15, 0.2) is 24.5 Å². The highest BCUT2D eigenvalue weighted by Gasteiger charge is 2.20. The molecule has 1 aromatic heterocycles. The summed E-state index contributed by atoms with van der Waals surface area (Å²) in [5.74, 6) is -0.263. The number of aromatic nitrogens is 1. The lowest BCUT2D eigenvalue weighted by molar-refractivity contribution is -0.385. The largest absolute Gasteiger partial charge is 0.383 e. The second-order valence-corrected chi connectivity index (χ2v) is 3.69. The molecule has 1 aromatic rings. The van der Waals surface area contributed by atoms with Gasteiger partial charge in [-0.15, -0.1) is 0 Å². The fraction of sp³-hybridized carbons (Fsp3) is 0.273. The predicted molar refractivity (Wildman–Crippen MR) is 63.2 cm³/mol. The smallest absolute Gasteiger partial charge is 0.295 e. The van der Waals surface area contributed by atoms with Crippen LogP contribution in [0.1, 0.15) is 12.6 Å². The zero-order chi connectivity index (χ0) is 13.0. The monoisotopic (exact) mass is 235 g/mol. The molecule has 0 aliphatic carbocycles. The third-order valence-electron chi connectivity index (χ3n) is 2.00. The Morgan fingerprint density at radius 3 is 2.65 bits per heavy atom. The van der Waals surface area contributed by atoms with Crippen LogP contribution in [0.3, 0.4) is 0 Å². The molecule has 0 saturated heterocycles. The number of nitrogens with zero attached hydrogens (tertiary/aromatic N) is 3. The molecule has 17 heavy (non-hydrogen) atoms. The van der Waals surface area contributed by atoms with E-state index in [4.69, 9.17) is 0 Å². The fourth-order valence-corrected chi connectivity index (χ4v) is 1.33. The standard InChI is InChI=1S/C11H13N3O3/c1-8(15)9(7-13(2)3)11-10(14(16)17)5-4-6-12-11/h4-7H,1-3H3/b9-7-. The Morgan fingerprint density at radius 2 is 2.18 bits per heavy atom. The first-order chi connectivity index (χ1) is 7.93. The molecule has 0 amide bonds. The van der Waals surface area contributed by atoms with E-state index >= 15 is 0 Å². The number of Topliss-reactive ketones (excluding diaryl/α,β-unsaturated/α-hetero) is 1. The molecule has 90 valence electrons. The van der Waals surface area contributed by atoms with Gasteiger partial charge in [-0.05, 0) is 13.0 Å². The van der Waals surface area contributed by atoms with E-state index in [1.807, 2.05) is 0 Å². The van der Waals surface area contributed by atoms with E-state index < -0.39 is 4.92 Å². The number of nitro groups is 1. The quantitative estimate of drug-likeness (QED) is 0.449. The van der Waals surface area contributed by atoms with Crippen LogP contribution in [-0.2, 0) is 4.79 Å². The van der Waals surface area contributed by atoms with Gasteiger partial charge in [0, 0.05) is 32.6 Å². The Balaban J connectivity index is 3.39. The average Bonchev–Trinajstić information content (AvgIpc) is 2.25. The van der Waals surface area contributed by atoms with Gasteiger partial charge in [0.25, 0.3) is 5.69 Å². The number of allylic oxidation sites excluding steroid dienone is 1. The molecule has 0 spiro atoms. The number of carbonyl (C=O) groups is 1. The number of hydrogen-bond acceptors (Lipinski definition) is 5. The number of pyridine rings is 1. The summed E-state index contributed by atoms with van der Waals surface area (Å²) in [5, 5.41) is 10.8. The Hall–Kier alpha value is -2.24. The van der Waals surface area contributed by atoms with E-state index in [2.05, 4.69) is 4.98 Å². The molecule has 1 heterocycles. The minimum absolute atomic E-state index is 0.0960. The summed E-state index contributed by atoms with van der Waals surface area (Å²) in [6.45, 7) is 1.35. The minimum atomic E-state index is -0.547. The van der Waals surface area contributed by atoms with Crippen LogP contribution in [0.5, 0.6) is 0 Å². The molecule has 6 heteroatoms. The van der Waals surface area contributed by atoms with Crippen LogP contribution in [0.25, 0.3) is 5.57 Å². The third kappa shape index (κ3) is 3.10. The van der Waals surface area contributed by atoms with Crippen molar-refractivity contribution < 1.29 is 9.72 Å². The molecule has 0 unspecified atom stereocenters. The average molecular weight is 235 g/mol. The van der Waals surface area contributed by atoms with Crippen molar-refractivity contribution in [3.63, 3.8) is 0 Å². The Labute approximate surface area is 98.7 Å². The maximum Gasteiger partial charge on any atom is 0.295 e. The summed E-state index contributed by atoms with van der Waals surface area (Å²) in [4.78, 5) is 27.4. The normalized spacial score (nSPS) is 11.1. The number of ketones is 1. The van der Waals surface area contributed by atoms with Crippen molar-refractivity contribution in [2.45, 2.75) is 6.92 Å². The number of rotatable bonds is 4. The Morgan fingerprint density at radius 1 is 1.53 bits per heavy atom. The first-order valence-corrected chi connectivity index (χ1v) is 4.92. The summed E-state index contributed by atoms with van der Waals surface area (Å²) in [6.07, 6.45) is 2.95. The molecule has 0 aliphatic rings. The van der Waals surface area contributed by atoms with Gasteiger partial charge in [-0.3, -0.25) is 14.9 Å². The second-order valence-electron chi connectivity index (χ2n) is 3.69. The van der Waals surface area contributed by atoms with Crippen molar-refractivity contribution in [1.29, 1.82) is 0 Å². The maximum absolute atomic E-state index is 11.5. The molecule has 0 aromatic carbocycles. The minimum Gasteiger partial charge on any atom is -0.383 e. The highest BCUT2D eigenvalue weighted by Crippen LogP contribution is 2.24. The lowest BCUT2D eigenvalue weighted by atomic mass is 10.1. The van der Waals surface area contributed by atoms with Gasteiger partial charge in [-0.2, -0.15) is 0 Å². The van der Waals surface area contributed by atoms with E-state index in [0.717, 1.165) is 0 Å². The van der Waals surface area contributed by atoms with Crippen molar-refractivity contribution in [2.24, 2.45) is 0 Å². The van der Waals surface area contributed by atoms with Gasteiger partial charge in [0.2, 0.25) is 0 Å². The van der Waals surface area contributed by atoms with Crippen LogP contribution in [-0.4, -0.2) is 34.7 Å². The lowest BCUT2D eigenvalue weighted by Gasteiger charge is -2.09. The zero-order valence-corrected chi connectivity index (χ0v) is 9.88. The second kappa shape index (κ2) is 5.20. The van der Waals surface area contributed by atoms with Gasteiger partial charge >= 0.3 is 0 Å². The molecule has 0 radical (unpaired) electrons. The van der Waals surface area contributed by atoms with Gasteiger partial charge in [-0.1, -0.05) is 0 Å². The molecule has 0 fully saturated rings. The first kappa shape index (κ1) is 12.8. The SMILES string of the molecule is CC(=O)/C(=C/N(C)C)c1ncccc1[N+](=O)[O-]. The van der Waals surface area contributed by atoms with Gasteiger partial charge in [0.15, 0.2) is 11.5 Å². The van der Waals surface area contributed by atoms with E-state index in [1.54, 1.807) is 19.0 Å². The van der Waals surface area contributed by atoms with Gasteiger partial charge in [0.05, 0.1) is 10.5 Å². The van der Waals surface area contributed by atoms with Crippen LogP contribution in [0.4, 0.5) is 5.69 Å². The van der Waals surface area contributed by atoms with E-state index in [9.17, 15) is 14.9 Å². The maximum atomic E-state index is 11.5. The van der Waals surface area contributed by atoms with E-state index in [0.29, 0.717) is 0 Å². The van der Waals surface area contributed by atoms with Crippen LogP contribution in [0, 0.1) is 10.1 Å². The molecule has 0 N–H and O–H groups in total. The summed E-state index contributed by atoms with van der Waals surface area (Å²) >= 11 is 0. The molecule has 1 rings (SSSR count). The van der Waals surface area contributed by atoms with Crippen molar-refractivity contribution in [2.75, 3.05) is 14.1 Å². The molecule has 6 nitrogen and oxygen atoms in total. The van der Waals surface area contributed by atoms with Crippen molar-refractivity contribution >= 4 is 17.0 Å². The van der Waals surface area contributed by atoms with E-state index in [1.165, 1.54) is 31.5 Å². The summed E-state index contributed by atoms with van der Waals surface area (Å²) in [7, 11) is 3.47. The van der Waals surface area contributed by atoms with Gasteiger partial charge in [-0.25, -0.2) is 4.98 Å². The van der Waals surface area contributed by atoms with Crippen LogP contribution >= 0.6 is 0 Å². The van der Waals surface area contributed by atoms with Crippen molar-refractivity contribution in [3.05, 3.63) is 40.3 Å². The third-order valence-corrected chi connectivity index (χ3v) is 2.00. The van der Waals surface area contributed by atoms with Crippen LogP contribution in [0.2, 0.25) is 0 Å². The lowest BCUT2D eigenvalue weighted by Crippen LogP contribution is -2.09. The van der Waals surface area contributed by atoms with Crippen LogP contribution < -0.4 is 0 Å². The highest BCUT2D eigenvalue weighted by atomic mass is 16.6. The molecule has 0 atom stereocenters. The summed E-state index contributed by atoms with van der Waals surface area (Å²) in [5.41, 5.74) is 0.150. The fourth-order valence-electron chi connectivity index (χ4n) is 1.33. The van der Waals surface area contributed by atoms with Crippen molar-refractivity contribution in [3.8, 4) is 0 Å². The Kier molecular flexibility index (Phi) is 3.92. The Bertz CT molecular complexity index is 481. The van der Waals surface area contributed by atoms with E-state index in [-0.39, 0.29) is 22.7 Å². The highest BCUT2D eigenvalue weighted by molar-refractivity contribution is 6.19. The zero-order valence-electron chi connectivity index (χ0n) is 9.88. The number of carbonyl (C=O) groups excluding carboxylic acids is 1. The first-order valence-electron chi connectivity index (χ1n) is 4.92. The summed E-state index contributed by atoms with van der Waals surface area (Å²) in [6, 6.07) is 2.80. The molecular formula is C11H13N3O3. The predicted octanol–water partition coefficient (Wildman–Crippen LogP) is 1.48. The topological polar surface area (TPSA) is 76.3 Å².